The number of thioether (sulfide) groups is 1. The van der Waals surface area contributed by atoms with Gasteiger partial charge in [-0.15, -0.1) is 0 Å². The number of aromatic nitrogens is 2. The van der Waals surface area contributed by atoms with Crippen molar-refractivity contribution in [1.29, 1.82) is 0 Å². The molecule has 4 N–H and O–H groups in total. The lowest BCUT2D eigenvalue weighted by molar-refractivity contribution is -0.0498. The standard InChI is InChI=1S/C12H12F2N4OS/c13-11(14)19-8-3-1-2-7(4-8)6-20-12-17-9(15)5-10(16)18-12/h1-5,11H,6H2,(H4,15,16,17,18). The van der Waals surface area contributed by atoms with E-state index in [1.807, 2.05) is 0 Å². The molecule has 1 aromatic heterocycles. The number of rotatable bonds is 5. The highest BCUT2D eigenvalue weighted by molar-refractivity contribution is 7.98. The number of hydrogen-bond donors (Lipinski definition) is 2. The molecule has 0 aliphatic heterocycles. The second-order valence-electron chi connectivity index (χ2n) is 3.81. The number of nitrogens with zero attached hydrogens (tertiary/aromatic N) is 2. The number of nitrogen functional groups attached to an aromatic ring is 2. The number of alkyl halides is 2. The largest absolute Gasteiger partial charge is 0.435 e. The van der Waals surface area contributed by atoms with E-state index in [9.17, 15) is 8.78 Å². The minimum Gasteiger partial charge on any atom is -0.435 e. The smallest absolute Gasteiger partial charge is 0.387 e. The van der Waals surface area contributed by atoms with Crippen molar-refractivity contribution in [2.75, 3.05) is 11.5 Å². The molecule has 0 fully saturated rings. The highest BCUT2D eigenvalue weighted by Gasteiger charge is 2.06. The normalized spacial score (nSPS) is 10.8. The molecule has 8 heteroatoms. The summed E-state index contributed by atoms with van der Waals surface area (Å²) in [5, 5.41) is 0.433. The lowest BCUT2D eigenvalue weighted by atomic mass is 10.2. The molecular weight excluding hydrogens is 286 g/mol. The highest BCUT2D eigenvalue weighted by Crippen LogP contribution is 2.24. The molecule has 0 saturated heterocycles. The molecule has 0 unspecified atom stereocenters. The van der Waals surface area contributed by atoms with Gasteiger partial charge in [0.05, 0.1) is 0 Å². The van der Waals surface area contributed by atoms with Crippen molar-refractivity contribution in [2.24, 2.45) is 0 Å². The number of ether oxygens (including phenoxy) is 1. The Labute approximate surface area is 118 Å². The summed E-state index contributed by atoms with van der Waals surface area (Å²) in [6, 6.07) is 7.90. The summed E-state index contributed by atoms with van der Waals surface area (Å²) >= 11 is 1.30. The van der Waals surface area contributed by atoms with Crippen LogP contribution in [0.4, 0.5) is 20.4 Å². The van der Waals surface area contributed by atoms with Crippen molar-refractivity contribution in [3.63, 3.8) is 0 Å². The molecule has 1 aromatic carbocycles. The fraction of sp³-hybridized carbons (Fsp3) is 0.167. The van der Waals surface area contributed by atoms with Crippen molar-refractivity contribution in [1.82, 2.24) is 9.97 Å². The minimum atomic E-state index is -2.84. The third kappa shape index (κ3) is 4.23. The van der Waals surface area contributed by atoms with Crippen molar-refractivity contribution in [3.05, 3.63) is 35.9 Å². The van der Waals surface area contributed by atoms with Crippen LogP contribution in [0, 0.1) is 0 Å². The van der Waals surface area contributed by atoms with E-state index in [1.165, 1.54) is 30.0 Å². The Hall–Kier alpha value is -2.09. The lowest BCUT2D eigenvalue weighted by Crippen LogP contribution is -2.02. The molecule has 2 rings (SSSR count). The van der Waals surface area contributed by atoms with Crippen molar-refractivity contribution < 1.29 is 13.5 Å². The van der Waals surface area contributed by atoms with Gasteiger partial charge in [-0.2, -0.15) is 8.78 Å². The molecule has 0 atom stereocenters. The van der Waals surface area contributed by atoms with Gasteiger partial charge >= 0.3 is 6.61 Å². The van der Waals surface area contributed by atoms with E-state index >= 15 is 0 Å². The Morgan fingerprint density at radius 3 is 2.50 bits per heavy atom. The van der Waals surface area contributed by atoms with Crippen LogP contribution in [-0.4, -0.2) is 16.6 Å². The Bertz CT molecular complexity index is 577. The van der Waals surface area contributed by atoms with Crippen molar-refractivity contribution in [2.45, 2.75) is 17.5 Å². The number of nitrogens with two attached hydrogens (primary N) is 2. The fourth-order valence-corrected chi connectivity index (χ4v) is 2.30. The van der Waals surface area contributed by atoms with E-state index in [2.05, 4.69) is 14.7 Å². The second-order valence-corrected chi connectivity index (χ2v) is 4.76. The maximum Gasteiger partial charge on any atom is 0.387 e. The Kier molecular flexibility index (Phi) is 4.57. The van der Waals surface area contributed by atoms with Gasteiger partial charge in [0.1, 0.15) is 17.4 Å². The molecule has 0 aliphatic rings. The topological polar surface area (TPSA) is 87.1 Å². The zero-order chi connectivity index (χ0) is 14.5. The highest BCUT2D eigenvalue weighted by atomic mass is 32.2. The lowest BCUT2D eigenvalue weighted by Gasteiger charge is -2.06. The average molecular weight is 298 g/mol. The summed E-state index contributed by atoms with van der Waals surface area (Å²) in [6.45, 7) is -2.84. The molecule has 0 radical (unpaired) electrons. The van der Waals surface area contributed by atoms with E-state index in [0.717, 1.165) is 5.56 Å². The SMILES string of the molecule is Nc1cc(N)nc(SCc2cccc(OC(F)F)c2)n1. The van der Waals surface area contributed by atoms with Crippen LogP contribution in [0.25, 0.3) is 0 Å². The van der Waals surface area contributed by atoms with Gasteiger partial charge < -0.3 is 16.2 Å². The predicted octanol–water partition coefficient (Wildman–Crippen LogP) is 2.53. The molecular formula is C12H12F2N4OS. The van der Waals surface area contributed by atoms with Crippen LogP contribution in [0.1, 0.15) is 5.56 Å². The van der Waals surface area contributed by atoms with Crippen LogP contribution in [0.5, 0.6) is 5.75 Å². The van der Waals surface area contributed by atoms with Gasteiger partial charge in [0.2, 0.25) is 0 Å². The number of hydrogen-bond acceptors (Lipinski definition) is 6. The van der Waals surface area contributed by atoms with Crippen LogP contribution in [0.15, 0.2) is 35.5 Å². The third-order valence-electron chi connectivity index (χ3n) is 2.24. The van der Waals surface area contributed by atoms with Crippen LogP contribution in [-0.2, 0) is 5.75 Å². The first-order chi connectivity index (χ1) is 9.52. The van der Waals surface area contributed by atoms with Gasteiger partial charge in [-0.1, -0.05) is 23.9 Å². The Morgan fingerprint density at radius 2 is 1.85 bits per heavy atom. The van der Waals surface area contributed by atoms with Gasteiger partial charge in [-0.25, -0.2) is 9.97 Å². The van der Waals surface area contributed by atoms with Crippen LogP contribution >= 0.6 is 11.8 Å². The first-order valence-electron chi connectivity index (χ1n) is 5.59. The van der Waals surface area contributed by atoms with Crippen molar-refractivity contribution >= 4 is 23.4 Å². The fourth-order valence-electron chi connectivity index (χ4n) is 1.49. The summed E-state index contributed by atoms with van der Waals surface area (Å²) in [5.74, 6) is 1.18. The molecule has 20 heavy (non-hydrogen) atoms. The molecule has 1 heterocycles. The molecule has 0 bridgehead atoms. The summed E-state index contributed by atoms with van der Waals surface area (Å²) < 4.78 is 28.6. The van der Waals surface area contributed by atoms with Crippen molar-refractivity contribution in [3.8, 4) is 5.75 Å². The monoisotopic (exact) mass is 298 g/mol. The van der Waals surface area contributed by atoms with E-state index < -0.39 is 6.61 Å². The maximum absolute atomic E-state index is 12.1. The van der Waals surface area contributed by atoms with E-state index in [4.69, 9.17) is 11.5 Å². The summed E-state index contributed by atoms with van der Waals surface area (Å²) in [4.78, 5) is 8.04. The molecule has 0 amide bonds. The van der Waals surface area contributed by atoms with Gasteiger partial charge in [0.25, 0.3) is 0 Å². The maximum atomic E-state index is 12.1. The zero-order valence-corrected chi connectivity index (χ0v) is 11.1. The van der Waals surface area contributed by atoms with E-state index in [-0.39, 0.29) is 17.4 Å². The molecule has 2 aromatic rings. The first-order valence-corrected chi connectivity index (χ1v) is 6.58. The van der Waals surface area contributed by atoms with Crippen LogP contribution in [0.3, 0.4) is 0 Å². The number of anilines is 2. The van der Waals surface area contributed by atoms with Gasteiger partial charge in [0.15, 0.2) is 5.16 Å². The number of halogens is 2. The molecule has 106 valence electrons. The Balaban J connectivity index is 2.03. The summed E-state index contributed by atoms with van der Waals surface area (Å²) in [7, 11) is 0. The van der Waals surface area contributed by atoms with Gasteiger partial charge in [0, 0.05) is 11.8 Å². The molecule has 0 saturated carbocycles. The quantitative estimate of drug-likeness (QED) is 0.651. The zero-order valence-electron chi connectivity index (χ0n) is 10.3. The minimum absolute atomic E-state index is 0.117. The number of benzene rings is 1. The average Bonchev–Trinajstić information content (AvgIpc) is 2.35. The van der Waals surface area contributed by atoms with E-state index in [1.54, 1.807) is 12.1 Å². The predicted molar refractivity (Wildman–Crippen MR) is 73.5 cm³/mol. The van der Waals surface area contributed by atoms with E-state index in [0.29, 0.717) is 10.9 Å². The molecule has 0 spiro atoms. The van der Waals surface area contributed by atoms with Crippen LogP contribution in [0.2, 0.25) is 0 Å². The van der Waals surface area contributed by atoms with Gasteiger partial charge in [-0.05, 0) is 17.7 Å². The molecule has 5 nitrogen and oxygen atoms in total. The Morgan fingerprint density at radius 1 is 1.15 bits per heavy atom. The van der Waals surface area contributed by atoms with Gasteiger partial charge in [-0.3, -0.25) is 0 Å². The summed E-state index contributed by atoms with van der Waals surface area (Å²) in [6.07, 6.45) is 0. The molecule has 0 aliphatic carbocycles. The third-order valence-corrected chi connectivity index (χ3v) is 3.16. The van der Waals surface area contributed by atoms with Crippen LogP contribution < -0.4 is 16.2 Å². The first kappa shape index (κ1) is 14.3. The second kappa shape index (κ2) is 6.38. The summed E-state index contributed by atoms with van der Waals surface area (Å²) in [5.41, 5.74) is 11.9.